The van der Waals surface area contributed by atoms with E-state index in [-0.39, 0.29) is 0 Å². The van der Waals surface area contributed by atoms with Crippen LogP contribution in [0.4, 0.5) is 17.1 Å². The van der Waals surface area contributed by atoms with Gasteiger partial charge in [0.15, 0.2) is 0 Å². The predicted molar refractivity (Wildman–Crippen MR) is 233 cm³/mol. The highest BCUT2D eigenvalue weighted by Crippen LogP contribution is 2.41. The molecule has 3 nitrogen and oxygen atoms in total. The maximum atomic E-state index is 3.68. The van der Waals surface area contributed by atoms with Crippen LogP contribution in [-0.2, 0) is 0 Å². The maximum absolute atomic E-state index is 3.68. The minimum absolute atomic E-state index is 1.12. The number of aromatic amines is 1. The Morgan fingerprint density at radius 1 is 0.345 bits per heavy atom. The first kappa shape index (κ1) is 31.2. The highest BCUT2D eigenvalue weighted by atomic mass is 15.1. The molecule has 0 aliphatic carbocycles. The van der Waals surface area contributed by atoms with E-state index >= 15 is 0 Å². The number of aromatic nitrogens is 2. The molecule has 0 bridgehead atoms. The van der Waals surface area contributed by atoms with Gasteiger partial charge in [0.05, 0.1) is 11.0 Å². The number of nitrogens with zero attached hydrogens (tertiary/aromatic N) is 2. The molecule has 0 fully saturated rings. The van der Waals surface area contributed by atoms with E-state index in [0.717, 1.165) is 28.1 Å². The zero-order valence-electron chi connectivity index (χ0n) is 30.0. The molecule has 11 aromatic rings. The van der Waals surface area contributed by atoms with Crippen LogP contribution < -0.4 is 4.90 Å². The summed E-state index contributed by atoms with van der Waals surface area (Å²) in [7, 11) is 0. The van der Waals surface area contributed by atoms with Crippen molar-refractivity contribution in [3.8, 4) is 27.9 Å². The summed E-state index contributed by atoms with van der Waals surface area (Å²) in [6.07, 6.45) is 0. The first-order chi connectivity index (χ1) is 27.3. The van der Waals surface area contributed by atoms with Gasteiger partial charge in [-0.1, -0.05) is 115 Å². The van der Waals surface area contributed by atoms with Gasteiger partial charge in [0.2, 0.25) is 0 Å². The predicted octanol–water partition coefficient (Wildman–Crippen LogP) is 14.4. The minimum Gasteiger partial charge on any atom is -0.355 e. The fraction of sp³-hybridized carbons (Fsp3) is 0. The van der Waals surface area contributed by atoms with Crippen LogP contribution in [-0.4, -0.2) is 9.55 Å². The number of H-pyrrole nitrogens is 1. The molecule has 0 saturated carbocycles. The molecule has 0 aliphatic rings. The molecule has 0 radical (unpaired) electrons. The van der Waals surface area contributed by atoms with Gasteiger partial charge in [0.1, 0.15) is 0 Å². The summed E-state index contributed by atoms with van der Waals surface area (Å²) in [6, 6.07) is 74.5. The Labute approximate surface area is 319 Å². The Bertz CT molecular complexity index is 3140. The van der Waals surface area contributed by atoms with Crippen molar-refractivity contribution in [1.29, 1.82) is 0 Å². The summed E-state index contributed by atoms with van der Waals surface area (Å²) >= 11 is 0. The second-order valence-corrected chi connectivity index (χ2v) is 14.3. The molecular weight excluding hydrogens is 667 g/mol. The van der Waals surface area contributed by atoms with Crippen LogP contribution in [0.15, 0.2) is 206 Å². The first-order valence-electron chi connectivity index (χ1n) is 18.8. The Hall–Kier alpha value is -7.36. The van der Waals surface area contributed by atoms with Gasteiger partial charge in [-0.25, -0.2) is 0 Å². The van der Waals surface area contributed by atoms with E-state index in [2.05, 4.69) is 221 Å². The summed E-state index contributed by atoms with van der Waals surface area (Å²) < 4.78 is 2.40. The van der Waals surface area contributed by atoms with E-state index in [0.29, 0.717) is 0 Å². The number of hydrogen-bond donors (Lipinski definition) is 1. The maximum Gasteiger partial charge on any atom is 0.0547 e. The smallest absolute Gasteiger partial charge is 0.0547 e. The number of anilines is 3. The zero-order chi connectivity index (χ0) is 36.3. The molecule has 9 aromatic carbocycles. The second-order valence-electron chi connectivity index (χ2n) is 14.3. The number of nitrogens with one attached hydrogen (secondary N) is 1. The average Bonchev–Trinajstić information content (AvgIpc) is 3.80. The Morgan fingerprint density at radius 3 is 1.49 bits per heavy atom. The number of rotatable bonds is 6. The van der Waals surface area contributed by atoms with E-state index < -0.39 is 0 Å². The van der Waals surface area contributed by atoms with Crippen molar-refractivity contribution < 1.29 is 0 Å². The van der Waals surface area contributed by atoms with Gasteiger partial charge in [-0.05, 0) is 124 Å². The molecule has 0 spiro atoms. The van der Waals surface area contributed by atoms with Gasteiger partial charge in [-0.3, -0.25) is 0 Å². The van der Waals surface area contributed by atoms with Crippen molar-refractivity contribution in [2.45, 2.75) is 0 Å². The first-order valence-corrected chi connectivity index (χ1v) is 18.8. The van der Waals surface area contributed by atoms with Crippen LogP contribution in [0.1, 0.15) is 0 Å². The van der Waals surface area contributed by atoms with E-state index in [4.69, 9.17) is 0 Å². The summed E-state index contributed by atoms with van der Waals surface area (Å²) in [5, 5.41) is 7.53. The molecule has 3 heteroatoms. The van der Waals surface area contributed by atoms with Gasteiger partial charge in [0.25, 0.3) is 0 Å². The lowest BCUT2D eigenvalue weighted by Gasteiger charge is -2.25. The van der Waals surface area contributed by atoms with Crippen LogP contribution in [0, 0.1) is 0 Å². The molecule has 0 aliphatic heterocycles. The molecule has 0 atom stereocenters. The van der Waals surface area contributed by atoms with Crippen molar-refractivity contribution in [1.82, 2.24) is 9.55 Å². The van der Waals surface area contributed by atoms with E-state index in [1.807, 2.05) is 0 Å². The second kappa shape index (κ2) is 12.6. The highest BCUT2D eigenvalue weighted by Gasteiger charge is 2.17. The molecule has 0 saturated heterocycles. The molecule has 2 aromatic heterocycles. The Balaban J connectivity index is 1.01. The lowest BCUT2D eigenvalue weighted by Crippen LogP contribution is -2.09. The SMILES string of the molecule is c1ccc(N(c2ccccc2)c2ccc(-c3ccc4[nH]c5ccc(-c6ccc7c(c6)c6c8ccccc8ccc6n7-c6ccccc6)cc5c4c3)cc2)cc1. The molecular formula is C52H35N3. The van der Waals surface area contributed by atoms with E-state index in [1.165, 1.54) is 71.3 Å². The van der Waals surface area contributed by atoms with Crippen molar-refractivity contribution in [2.75, 3.05) is 4.90 Å². The molecule has 11 rings (SSSR count). The van der Waals surface area contributed by atoms with Gasteiger partial charge in [-0.2, -0.15) is 0 Å². The molecule has 0 amide bonds. The van der Waals surface area contributed by atoms with Gasteiger partial charge in [-0.15, -0.1) is 0 Å². The van der Waals surface area contributed by atoms with Crippen LogP contribution in [0.2, 0.25) is 0 Å². The summed E-state index contributed by atoms with van der Waals surface area (Å²) in [5.41, 5.74) is 14.0. The quantitative estimate of drug-likeness (QED) is 0.183. The van der Waals surface area contributed by atoms with E-state index in [1.54, 1.807) is 0 Å². The van der Waals surface area contributed by atoms with Gasteiger partial charge >= 0.3 is 0 Å². The molecule has 2 heterocycles. The molecule has 258 valence electrons. The Kier molecular flexibility index (Phi) is 7.17. The molecule has 0 unspecified atom stereocenters. The lowest BCUT2D eigenvalue weighted by atomic mass is 9.98. The third-order valence-electron chi connectivity index (χ3n) is 11.1. The van der Waals surface area contributed by atoms with Crippen LogP contribution >= 0.6 is 0 Å². The minimum atomic E-state index is 1.12. The number of para-hydroxylation sites is 3. The summed E-state index contributed by atoms with van der Waals surface area (Å²) in [4.78, 5) is 5.98. The monoisotopic (exact) mass is 701 g/mol. The van der Waals surface area contributed by atoms with Crippen molar-refractivity contribution in [3.63, 3.8) is 0 Å². The van der Waals surface area contributed by atoms with Crippen LogP contribution in [0.5, 0.6) is 0 Å². The topological polar surface area (TPSA) is 24.0 Å². The van der Waals surface area contributed by atoms with Crippen LogP contribution in [0.25, 0.3) is 82.3 Å². The number of benzene rings is 9. The third kappa shape index (κ3) is 5.20. The molecule has 55 heavy (non-hydrogen) atoms. The fourth-order valence-corrected chi connectivity index (χ4v) is 8.49. The lowest BCUT2D eigenvalue weighted by molar-refractivity contribution is 1.18. The van der Waals surface area contributed by atoms with E-state index in [9.17, 15) is 0 Å². The fourth-order valence-electron chi connectivity index (χ4n) is 8.49. The number of hydrogen-bond acceptors (Lipinski definition) is 1. The highest BCUT2D eigenvalue weighted by molar-refractivity contribution is 6.22. The Morgan fingerprint density at radius 2 is 0.836 bits per heavy atom. The normalized spacial score (nSPS) is 11.6. The number of fused-ring (bicyclic) bond motifs is 8. The van der Waals surface area contributed by atoms with Crippen molar-refractivity contribution in [3.05, 3.63) is 206 Å². The van der Waals surface area contributed by atoms with Crippen LogP contribution in [0.3, 0.4) is 0 Å². The summed E-state index contributed by atoms with van der Waals surface area (Å²) in [5.74, 6) is 0. The average molecular weight is 702 g/mol. The largest absolute Gasteiger partial charge is 0.355 e. The van der Waals surface area contributed by atoms with Crippen molar-refractivity contribution in [2.24, 2.45) is 0 Å². The molecule has 1 N–H and O–H groups in total. The third-order valence-corrected chi connectivity index (χ3v) is 11.1. The van der Waals surface area contributed by atoms with Crippen molar-refractivity contribution >= 4 is 71.4 Å². The summed E-state index contributed by atoms with van der Waals surface area (Å²) in [6.45, 7) is 0. The zero-order valence-corrected chi connectivity index (χ0v) is 30.0. The van der Waals surface area contributed by atoms with Gasteiger partial charge < -0.3 is 14.5 Å². The standard InChI is InChI=1S/C52H35N3/c1-4-13-40(14-5-1)54(41-15-6-2-7-16-41)43-26-20-35(21-27-43)37-22-28-48-45(32-37)46-33-38(23-29-49(46)53-48)39-25-30-50-47(34-39)52-44-19-11-10-12-36(44)24-31-51(52)55(50)42-17-8-3-9-18-42/h1-34,53H. The van der Waals surface area contributed by atoms with Gasteiger partial charge in [0, 0.05) is 55.3 Å².